The highest BCUT2D eigenvalue weighted by Crippen LogP contribution is 2.29. The number of rotatable bonds is 7. The number of halogens is 5. The minimum Gasteiger partial charge on any atom is -0.244 e. The molecule has 1 heterocycles. The van der Waals surface area contributed by atoms with E-state index in [9.17, 15) is 30.4 Å². The summed E-state index contributed by atoms with van der Waals surface area (Å²) in [6.45, 7) is 3.43. The summed E-state index contributed by atoms with van der Waals surface area (Å²) in [6, 6.07) is 5.07. The monoisotopic (exact) mass is 460 g/mol. The second-order valence-corrected chi connectivity index (χ2v) is 8.42. The Morgan fingerprint density at radius 1 is 0.968 bits per heavy atom. The van der Waals surface area contributed by atoms with Crippen molar-refractivity contribution in [1.82, 2.24) is 19.5 Å². The molecule has 3 rings (SSSR count). The fraction of sp³-hybridized carbons (Fsp3) is 0.263. The Bertz CT molecular complexity index is 1160. The van der Waals surface area contributed by atoms with Gasteiger partial charge in [0.2, 0.25) is 15.8 Å². The summed E-state index contributed by atoms with van der Waals surface area (Å²) in [5, 5.41) is 4.01. The molecule has 12 heteroatoms. The lowest BCUT2D eigenvalue weighted by atomic mass is 9.97. The largest absolute Gasteiger partial charge is 0.246 e. The highest BCUT2D eigenvalue weighted by atomic mass is 32.2. The van der Waals surface area contributed by atoms with Crippen molar-refractivity contribution in [3.8, 4) is 0 Å². The lowest BCUT2D eigenvalue weighted by Gasteiger charge is -2.27. The van der Waals surface area contributed by atoms with Crippen molar-refractivity contribution >= 4 is 10.0 Å². The molecule has 2 aromatic carbocycles. The summed E-state index contributed by atoms with van der Waals surface area (Å²) in [5.41, 5.74) is 1.51. The lowest BCUT2D eigenvalue weighted by Crippen LogP contribution is -2.42. The van der Waals surface area contributed by atoms with Crippen molar-refractivity contribution in [2.75, 3.05) is 0 Å². The second-order valence-electron chi connectivity index (χ2n) is 6.77. The van der Waals surface area contributed by atoms with Crippen LogP contribution >= 0.6 is 0 Å². The molecule has 2 atom stereocenters. The van der Waals surface area contributed by atoms with Gasteiger partial charge in [-0.3, -0.25) is 0 Å². The smallest absolute Gasteiger partial charge is 0.244 e. The van der Waals surface area contributed by atoms with E-state index in [2.05, 4.69) is 14.8 Å². The van der Waals surface area contributed by atoms with Crippen LogP contribution in [-0.2, 0) is 10.0 Å². The normalized spacial score (nSPS) is 13.9. The minimum absolute atomic E-state index is 0.0903. The number of hydrogen-bond acceptors (Lipinski definition) is 4. The first kappa shape index (κ1) is 22.8. The summed E-state index contributed by atoms with van der Waals surface area (Å²) >= 11 is 0. The van der Waals surface area contributed by atoms with Crippen molar-refractivity contribution in [3.63, 3.8) is 0 Å². The molecule has 1 aromatic heterocycles. The van der Waals surface area contributed by atoms with Gasteiger partial charge in [0.05, 0.1) is 6.04 Å². The molecule has 1 N–H and O–H groups in total. The molecule has 0 spiro atoms. The average Bonchev–Trinajstić information content (AvgIpc) is 3.25. The van der Waals surface area contributed by atoms with Crippen LogP contribution < -0.4 is 4.72 Å². The van der Waals surface area contributed by atoms with Gasteiger partial charge in [-0.05, 0) is 18.9 Å². The van der Waals surface area contributed by atoms with Gasteiger partial charge in [-0.2, -0.15) is 5.10 Å². The third-order valence-corrected chi connectivity index (χ3v) is 6.22. The maximum Gasteiger partial charge on any atom is 0.246 e. The van der Waals surface area contributed by atoms with Gasteiger partial charge < -0.3 is 0 Å². The van der Waals surface area contributed by atoms with Crippen molar-refractivity contribution in [1.29, 1.82) is 0 Å². The van der Waals surface area contributed by atoms with Crippen molar-refractivity contribution in [3.05, 3.63) is 77.1 Å². The fourth-order valence-electron chi connectivity index (χ4n) is 3.14. The van der Waals surface area contributed by atoms with Crippen molar-refractivity contribution in [2.24, 2.45) is 0 Å². The first-order valence-corrected chi connectivity index (χ1v) is 10.5. The molecular formula is C19H17F5N4O2S. The Morgan fingerprint density at radius 2 is 1.52 bits per heavy atom. The summed E-state index contributed by atoms with van der Waals surface area (Å²) in [7, 11) is -5.16. The third kappa shape index (κ3) is 4.30. The fourth-order valence-corrected chi connectivity index (χ4v) is 4.61. The molecule has 166 valence electrons. The molecule has 3 aromatic rings. The Balaban J connectivity index is 2.09. The zero-order chi connectivity index (χ0) is 22.9. The van der Waals surface area contributed by atoms with Crippen LogP contribution in [-0.4, -0.2) is 29.2 Å². The standard InChI is InChI=1S/C19H17F5N4O2S/c1-3-12(18(28-9-25-8-26-28)11-6-4-10(2)5-7-11)27-31(29,30)19-16(23)14(21)13(20)15(22)17(19)24/h4-9,12,18,27H,3H2,1-2H3. The molecule has 0 saturated carbocycles. The number of hydrogen-bond donors (Lipinski definition) is 1. The van der Waals surface area contributed by atoms with E-state index in [-0.39, 0.29) is 6.42 Å². The molecule has 0 fully saturated rings. The van der Waals surface area contributed by atoms with E-state index in [4.69, 9.17) is 0 Å². The van der Waals surface area contributed by atoms with Gasteiger partial charge in [-0.1, -0.05) is 36.8 Å². The quantitative estimate of drug-likeness (QED) is 0.332. The van der Waals surface area contributed by atoms with Gasteiger partial charge in [-0.25, -0.2) is 44.8 Å². The van der Waals surface area contributed by atoms with Crippen LogP contribution in [0, 0.1) is 36.0 Å². The van der Waals surface area contributed by atoms with Crippen LogP contribution in [0.4, 0.5) is 22.0 Å². The Labute approximate surface area is 174 Å². The number of aryl methyl sites for hydroxylation is 1. The van der Waals surface area contributed by atoms with Crippen molar-refractivity contribution < 1.29 is 30.4 Å². The molecule has 0 aliphatic carbocycles. The number of nitrogens with one attached hydrogen (secondary N) is 1. The van der Waals surface area contributed by atoms with Gasteiger partial charge in [0.1, 0.15) is 12.7 Å². The van der Waals surface area contributed by atoms with Crippen LogP contribution in [0.25, 0.3) is 0 Å². The first-order chi connectivity index (χ1) is 14.6. The average molecular weight is 460 g/mol. The number of benzene rings is 2. The molecule has 6 nitrogen and oxygen atoms in total. The topological polar surface area (TPSA) is 76.9 Å². The highest BCUT2D eigenvalue weighted by Gasteiger charge is 2.36. The van der Waals surface area contributed by atoms with Crippen LogP contribution in [0.15, 0.2) is 41.8 Å². The summed E-state index contributed by atoms with van der Waals surface area (Å²) < 4.78 is 97.5. The summed E-state index contributed by atoms with van der Waals surface area (Å²) in [5.74, 6) is -12.0. The maximum atomic E-state index is 14.1. The molecule has 0 bridgehead atoms. The van der Waals surface area contributed by atoms with E-state index in [1.807, 2.05) is 6.92 Å². The summed E-state index contributed by atoms with van der Waals surface area (Å²) in [6.07, 6.45) is 2.62. The van der Waals surface area contributed by atoms with Gasteiger partial charge in [0.15, 0.2) is 28.2 Å². The van der Waals surface area contributed by atoms with Crippen LogP contribution in [0.5, 0.6) is 0 Å². The number of aromatic nitrogens is 3. The lowest BCUT2D eigenvalue weighted by molar-refractivity contribution is 0.354. The number of nitrogens with zero attached hydrogens (tertiary/aromatic N) is 3. The predicted octanol–water partition coefficient (Wildman–Crippen LogP) is 3.63. The highest BCUT2D eigenvalue weighted by molar-refractivity contribution is 7.89. The third-order valence-electron chi connectivity index (χ3n) is 4.71. The zero-order valence-electron chi connectivity index (χ0n) is 16.3. The molecule has 0 amide bonds. The molecule has 2 unspecified atom stereocenters. The zero-order valence-corrected chi connectivity index (χ0v) is 17.1. The second kappa shape index (κ2) is 8.71. The Kier molecular flexibility index (Phi) is 6.41. The van der Waals surface area contributed by atoms with E-state index in [0.29, 0.717) is 5.56 Å². The Morgan fingerprint density at radius 3 is 2.00 bits per heavy atom. The van der Waals surface area contributed by atoms with E-state index >= 15 is 0 Å². The predicted molar refractivity (Wildman–Crippen MR) is 100.0 cm³/mol. The minimum atomic E-state index is -5.16. The molecule has 0 aliphatic heterocycles. The molecule has 0 saturated heterocycles. The van der Waals surface area contributed by atoms with E-state index in [0.717, 1.165) is 5.56 Å². The Hall–Kier alpha value is -2.86. The van der Waals surface area contributed by atoms with Gasteiger partial charge in [-0.15, -0.1) is 0 Å². The molecule has 31 heavy (non-hydrogen) atoms. The SMILES string of the molecule is CCC(NS(=O)(=O)c1c(F)c(F)c(F)c(F)c1F)C(c1ccc(C)cc1)n1cncn1. The van der Waals surface area contributed by atoms with Crippen molar-refractivity contribution in [2.45, 2.75) is 37.2 Å². The van der Waals surface area contributed by atoms with Crippen LogP contribution in [0.3, 0.4) is 0 Å². The van der Waals surface area contributed by atoms with E-state index in [1.165, 1.54) is 17.3 Å². The molecular weight excluding hydrogens is 443 g/mol. The van der Waals surface area contributed by atoms with Crippen LogP contribution in [0.2, 0.25) is 0 Å². The molecule has 0 aliphatic rings. The summed E-state index contributed by atoms with van der Waals surface area (Å²) in [4.78, 5) is 1.89. The maximum absolute atomic E-state index is 14.1. The van der Waals surface area contributed by atoms with Gasteiger partial charge in [0, 0.05) is 6.04 Å². The first-order valence-electron chi connectivity index (χ1n) is 9.02. The van der Waals surface area contributed by atoms with E-state index < -0.39 is 56.1 Å². The van der Waals surface area contributed by atoms with Gasteiger partial charge >= 0.3 is 0 Å². The van der Waals surface area contributed by atoms with Gasteiger partial charge in [0.25, 0.3) is 0 Å². The van der Waals surface area contributed by atoms with Crippen LogP contribution in [0.1, 0.15) is 30.5 Å². The van der Waals surface area contributed by atoms with E-state index in [1.54, 1.807) is 31.2 Å². The molecule has 0 radical (unpaired) electrons. The number of sulfonamides is 1.